The zero-order valence-electron chi connectivity index (χ0n) is 15.0. The Bertz CT molecular complexity index is 787. The first-order valence-corrected chi connectivity index (χ1v) is 7.47. The van der Waals surface area contributed by atoms with Crippen molar-refractivity contribution in [1.82, 2.24) is 20.4 Å². The van der Waals surface area contributed by atoms with Crippen LogP contribution in [0.15, 0.2) is 11.0 Å². The predicted octanol–water partition coefficient (Wildman–Crippen LogP) is -1.64. The molecule has 0 spiro atoms. The highest BCUT2D eigenvalue weighted by molar-refractivity contribution is 6.08. The van der Waals surface area contributed by atoms with Gasteiger partial charge in [-0.2, -0.15) is 5.10 Å². The normalized spacial score (nSPS) is 12.5. The van der Waals surface area contributed by atoms with Crippen molar-refractivity contribution in [3.63, 3.8) is 0 Å². The first-order chi connectivity index (χ1) is 12.1. The quantitative estimate of drug-likeness (QED) is 0.569. The van der Waals surface area contributed by atoms with E-state index in [2.05, 4.69) is 25.2 Å². The fourth-order valence-corrected chi connectivity index (χ4v) is 1.94. The van der Waals surface area contributed by atoms with Gasteiger partial charge in [-0.15, -0.1) is 0 Å². The Labute approximate surface area is 148 Å². The first kappa shape index (κ1) is 20.8. The number of aromatic nitrogens is 2. The van der Waals surface area contributed by atoms with Crippen LogP contribution in [0.1, 0.15) is 34.6 Å². The summed E-state index contributed by atoms with van der Waals surface area (Å²) in [4.78, 5) is 59.9. The Kier molecular flexibility index (Phi) is 6.99. The van der Waals surface area contributed by atoms with Crippen LogP contribution in [0.2, 0.25) is 0 Å². The van der Waals surface area contributed by atoms with E-state index in [1.54, 1.807) is 0 Å². The van der Waals surface area contributed by atoms with Crippen molar-refractivity contribution < 1.29 is 28.7 Å². The van der Waals surface area contributed by atoms with Crippen molar-refractivity contribution in [2.75, 3.05) is 14.2 Å². The van der Waals surface area contributed by atoms with Gasteiger partial charge in [0.2, 0.25) is 0 Å². The molecule has 0 aliphatic carbocycles. The molecule has 2 amide bonds. The molecule has 1 rings (SSSR count). The minimum Gasteiger partial charge on any atom is -0.467 e. The van der Waals surface area contributed by atoms with Gasteiger partial charge in [-0.1, -0.05) is 0 Å². The molecule has 2 atom stereocenters. The number of ether oxygens (including phenoxy) is 2. The summed E-state index contributed by atoms with van der Waals surface area (Å²) < 4.78 is 9.85. The molecule has 11 heteroatoms. The van der Waals surface area contributed by atoms with Gasteiger partial charge in [0.25, 0.3) is 17.4 Å². The van der Waals surface area contributed by atoms with Crippen molar-refractivity contribution in [2.24, 2.45) is 7.05 Å². The molecule has 0 aliphatic heterocycles. The van der Waals surface area contributed by atoms with Crippen molar-refractivity contribution in [3.8, 4) is 0 Å². The smallest absolute Gasteiger partial charge is 0.328 e. The van der Waals surface area contributed by atoms with Crippen LogP contribution in [0.3, 0.4) is 0 Å². The highest BCUT2D eigenvalue weighted by Gasteiger charge is 2.27. The van der Waals surface area contributed by atoms with E-state index in [0.29, 0.717) is 0 Å². The molecule has 0 saturated heterocycles. The number of esters is 2. The second kappa shape index (κ2) is 8.74. The molecule has 1 aromatic heterocycles. The van der Waals surface area contributed by atoms with Gasteiger partial charge < -0.3 is 20.1 Å². The molecule has 1 aromatic rings. The van der Waals surface area contributed by atoms with Gasteiger partial charge in [0, 0.05) is 7.05 Å². The predicted molar refractivity (Wildman–Crippen MR) is 87.4 cm³/mol. The SMILES string of the molecule is COC(=O)C(C)NC(=O)c1cnn(C)c(=O)c1C(=O)NC(C)C(=O)OC. The van der Waals surface area contributed by atoms with E-state index in [1.807, 2.05) is 0 Å². The summed E-state index contributed by atoms with van der Waals surface area (Å²) in [6.07, 6.45) is 1.01. The Morgan fingerprint density at radius 1 is 1.00 bits per heavy atom. The van der Waals surface area contributed by atoms with Crippen molar-refractivity contribution in [2.45, 2.75) is 25.9 Å². The number of hydrogen-bond acceptors (Lipinski definition) is 8. The second-order valence-electron chi connectivity index (χ2n) is 5.30. The van der Waals surface area contributed by atoms with Gasteiger partial charge in [0.05, 0.1) is 26.0 Å². The van der Waals surface area contributed by atoms with Gasteiger partial charge >= 0.3 is 11.9 Å². The van der Waals surface area contributed by atoms with Crippen LogP contribution in [-0.4, -0.2) is 59.8 Å². The van der Waals surface area contributed by atoms with E-state index in [9.17, 15) is 24.0 Å². The zero-order valence-corrected chi connectivity index (χ0v) is 15.0. The molecule has 2 N–H and O–H groups in total. The molecule has 1 heterocycles. The first-order valence-electron chi connectivity index (χ1n) is 7.47. The number of hydrogen-bond donors (Lipinski definition) is 2. The molecule has 0 fully saturated rings. The summed E-state index contributed by atoms with van der Waals surface area (Å²) in [7, 11) is 3.59. The molecule has 26 heavy (non-hydrogen) atoms. The zero-order chi connectivity index (χ0) is 20.0. The van der Waals surface area contributed by atoms with Crippen LogP contribution in [0.4, 0.5) is 0 Å². The van der Waals surface area contributed by atoms with Gasteiger partial charge in [-0.3, -0.25) is 14.4 Å². The van der Waals surface area contributed by atoms with Crippen LogP contribution in [-0.2, 0) is 26.1 Å². The van der Waals surface area contributed by atoms with E-state index in [0.717, 1.165) is 25.1 Å². The molecule has 0 saturated carbocycles. The Morgan fingerprint density at radius 2 is 1.46 bits per heavy atom. The monoisotopic (exact) mass is 368 g/mol. The van der Waals surface area contributed by atoms with E-state index < -0.39 is 47.0 Å². The number of carbonyl (C=O) groups is 4. The maximum Gasteiger partial charge on any atom is 0.328 e. The minimum absolute atomic E-state index is 0.349. The van der Waals surface area contributed by atoms with Crippen molar-refractivity contribution >= 4 is 23.8 Å². The highest BCUT2D eigenvalue weighted by Crippen LogP contribution is 2.04. The molecular formula is C15H20N4O7. The Balaban J connectivity index is 3.23. The van der Waals surface area contributed by atoms with Crippen LogP contribution >= 0.6 is 0 Å². The number of amides is 2. The lowest BCUT2D eigenvalue weighted by molar-refractivity contribution is -0.143. The number of nitrogens with one attached hydrogen (secondary N) is 2. The third-order valence-electron chi connectivity index (χ3n) is 3.41. The summed E-state index contributed by atoms with van der Waals surface area (Å²) in [5, 5.41) is 8.28. The average molecular weight is 368 g/mol. The Hall–Kier alpha value is -3.24. The fourth-order valence-electron chi connectivity index (χ4n) is 1.94. The van der Waals surface area contributed by atoms with Crippen molar-refractivity contribution in [1.29, 1.82) is 0 Å². The largest absolute Gasteiger partial charge is 0.467 e. The number of rotatable bonds is 6. The molecule has 0 aliphatic rings. The average Bonchev–Trinajstić information content (AvgIpc) is 2.61. The van der Waals surface area contributed by atoms with Gasteiger partial charge in [-0.25, -0.2) is 14.3 Å². The molecule has 0 radical (unpaired) electrons. The molecule has 11 nitrogen and oxygen atoms in total. The number of methoxy groups -OCH3 is 2. The van der Waals surface area contributed by atoms with Crippen LogP contribution < -0.4 is 16.2 Å². The number of carbonyl (C=O) groups excluding carboxylic acids is 4. The molecule has 0 bridgehead atoms. The van der Waals surface area contributed by atoms with E-state index in [-0.39, 0.29) is 5.56 Å². The van der Waals surface area contributed by atoms with Crippen LogP contribution in [0.25, 0.3) is 0 Å². The van der Waals surface area contributed by atoms with Gasteiger partial charge in [-0.05, 0) is 13.8 Å². The lowest BCUT2D eigenvalue weighted by Gasteiger charge is -2.15. The second-order valence-corrected chi connectivity index (χ2v) is 5.30. The Morgan fingerprint density at radius 3 is 1.92 bits per heavy atom. The van der Waals surface area contributed by atoms with Crippen LogP contribution in [0, 0.1) is 0 Å². The number of nitrogens with zero attached hydrogens (tertiary/aromatic N) is 2. The summed E-state index contributed by atoms with van der Waals surface area (Å²) in [5.41, 5.74) is -1.72. The van der Waals surface area contributed by atoms with Gasteiger partial charge in [0.1, 0.15) is 17.6 Å². The standard InChI is InChI=1S/C15H20N4O7/c1-7(14(23)25-4)17-11(20)9-6-16-19(3)13(22)10(9)12(21)18-8(2)15(24)26-5/h6-8H,1-5H3,(H,17,20)(H,18,21). The lowest BCUT2D eigenvalue weighted by atomic mass is 10.1. The topological polar surface area (TPSA) is 146 Å². The third-order valence-corrected chi connectivity index (χ3v) is 3.41. The molecule has 142 valence electrons. The minimum atomic E-state index is -1.05. The summed E-state index contributed by atoms with van der Waals surface area (Å²) >= 11 is 0. The summed E-state index contributed by atoms with van der Waals surface area (Å²) in [6, 6.07) is -2.06. The van der Waals surface area contributed by atoms with E-state index >= 15 is 0 Å². The molecule has 2 unspecified atom stereocenters. The van der Waals surface area contributed by atoms with E-state index in [1.165, 1.54) is 20.9 Å². The highest BCUT2D eigenvalue weighted by atomic mass is 16.5. The maximum atomic E-state index is 12.4. The molecule has 0 aromatic carbocycles. The maximum absolute atomic E-state index is 12.4. The number of aryl methyl sites for hydroxylation is 1. The third kappa shape index (κ3) is 4.65. The van der Waals surface area contributed by atoms with Crippen molar-refractivity contribution in [3.05, 3.63) is 27.7 Å². The molecular weight excluding hydrogens is 348 g/mol. The van der Waals surface area contributed by atoms with E-state index in [4.69, 9.17) is 0 Å². The van der Waals surface area contributed by atoms with Gasteiger partial charge in [0.15, 0.2) is 0 Å². The summed E-state index contributed by atoms with van der Waals surface area (Å²) in [6.45, 7) is 2.73. The fraction of sp³-hybridized carbons (Fsp3) is 0.467. The van der Waals surface area contributed by atoms with Crippen LogP contribution in [0.5, 0.6) is 0 Å². The lowest BCUT2D eigenvalue weighted by Crippen LogP contribution is -2.45. The summed E-state index contributed by atoms with van der Waals surface area (Å²) in [5.74, 6) is -3.26.